The van der Waals surface area contributed by atoms with Crippen LogP contribution in [0.25, 0.3) is 0 Å². The van der Waals surface area contributed by atoms with Gasteiger partial charge < -0.3 is 19.6 Å². The number of para-hydroxylation sites is 1. The molecule has 0 saturated carbocycles. The number of likely N-dealkylation sites (N-methyl/N-ethyl adjacent to an activating group) is 1. The number of nitrogens with zero attached hydrogens (tertiary/aromatic N) is 6. The quantitative estimate of drug-likeness (QED) is 0.215. The lowest BCUT2D eigenvalue weighted by atomic mass is 10.1. The summed E-state index contributed by atoms with van der Waals surface area (Å²) >= 11 is 7.76. The summed E-state index contributed by atoms with van der Waals surface area (Å²) in [5.74, 6) is 1.17. The molecule has 3 aromatic rings. The third-order valence-corrected chi connectivity index (χ3v) is 7.46. The summed E-state index contributed by atoms with van der Waals surface area (Å²) in [6.07, 6.45) is 0. The van der Waals surface area contributed by atoms with Gasteiger partial charge in [0.2, 0.25) is 5.91 Å². The van der Waals surface area contributed by atoms with Crippen molar-refractivity contribution in [2.45, 2.75) is 18.6 Å². The molecular formula is C28H35ClN6OS. The van der Waals surface area contributed by atoms with E-state index >= 15 is 0 Å². The molecule has 0 aliphatic carbocycles. The van der Waals surface area contributed by atoms with Crippen LogP contribution in [0.3, 0.4) is 0 Å². The molecule has 1 fully saturated rings. The minimum Gasteiger partial charge on any atom is -0.368 e. The van der Waals surface area contributed by atoms with E-state index in [-0.39, 0.29) is 5.91 Å². The first kappa shape index (κ1) is 27.2. The number of hydrogen-bond acceptors (Lipinski definition) is 7. The van der Waals surface area contributed by atoms with Crippen molar-refractivity contribution in [1.82, 2.24) is 19.8 Å². The molecule has 1 saturated heterocycles. The lowest BCUT2D eigenvalue weighted by Crippen LogP contribution is -2.49. The highest BCUT2D eigenvalue weighted by atomic mass is 35.5. The highest BCUT2D eigenvalue weighted by Crippen LogP contribution is 2.25. The first-order valence-corrected chi connectivity index (χ1v) is 13.9. The molecule has 7 nitrogen and oxygen atoms in total. The number of carbonyl (C=O) groups excluding carboxylic acids is 1. The highest BCUT2D eigenvalue weighted by Gasteiger charge is 2.22. The molecule has 1 amide bonds. The van der Waals surface area contributed by atoms with Crippen LogP contribution in [0.2, 0.25) is 5.15 Å². The Bertz CT molecular complexity index is 1170. The van der Waals surface area contributed by atoms with Crippen molar-refractivity contribution in [3.63, 3.8) is 0 Å². The van der Waals surface area contributed by atoms with Crippen LogP contribution >= 0.6 is 23.4 Å². The van der Waals surface area contributed by atoms with Crippen LogP contribution in [-0.4, -0.2) is 84.8 Å². The van der Waals surface area contributed by atoms with Gasteiger partial charge in [0.25, 0.3) is 0 Å². The molecule has 0 radical (unpaired) electrons. The predicted octanol–water partition coefficient (Wildman–Crippen LogP) is 4.45. The Labute approximate surface area is 229 Å². The number of hydrogen-bond donors (Lipinski definition) is 0. The van der Waals surface area contributed by atoms with Crippen LogP contribution in [0, 0.1) is 6.92 Å². The van der Waals surface area contributed by atoms with Crippen LogP contribution in [-0.2, 0) is 11.3 Å². The van der Waals surface area contributed by atoms with Crippen LogP contribution in [0.4, 0.5) is 11.5 Å². The summed E-state index contributed by atoms with van der Waals surface area (Å²) in [7, 11) is 4.11. The summed E-state index contributed by atoms with van der Waals surface area (Å²) in [5.41, 5.74) is 3.71. The lowest BCUT2D eigenvalue weighted by Gasteiger charge is -2.36. The van der Waals surface area contributed by atoms with Crippen molar-refractivity contribution < 1.29 is 4.79 Å². The summed E-state index contributed by atoms with van der Waals surface area (Å²) < 4.78 is 0. The van der Waals surface area contributed by atoms with Crippen LogP contribution in [0.15, 0.2) is 65.8 Å². The minimum absolute atomic E-state index is 0.105. The van der Waals surface area contributed by atoms with E-state index in [0.29, 0.717) is 29.2 Å². The van der Waals surface area contributed by atoms with Crippen molar-refractivity contribution in [3.8, 4) is 0 Å². The van der Waals surface area contributed by atoms with Crippen molar-refractivity contribution in [1.29, 1.82) is 0 Å². The zero-order chi connectivity index (χ0) is 26.2. The van der Waals surface area contributed by atoms with E-state index in [0.717, 1.165) is 38.5 Å². The molecule has 1 aromatic heterocycles. The van der Waals surface area contributed by atoms with Crippen molar-refractivity contribution in [2.24, 2.45) is 0 Å². The fourth-order valence-corrected chi connectivity index (χ4v) is 5.33. The van der Waals surface area contributed by atoms with Gasteiger partial charge in [0.05, 0.1) is 5.75 Å². The molecule has 4 rings (SSSR count). The van der Waals surface area contributed by atoms with Crippen molar-refractivity contribution >= 4 is 40.8 Å². The van der Waals surface area contributed by atoms with E-state index in [1.165, 1.54) is 28.6 Å². The number of aryl methyl sites for hydroxylation is 1. The fraction of sp³-hybridized carbons (Fsp3) is 0.393. The largest absolute Gasteiger partial charge is 0.368 e. The normalized spacial score (nSPS) is 13.8. The Morgan fingerprint density at radius 1 is 0.973 bits per heavy atom. The Morgan fingerprint density at radius 3 is 2.38 bits per heavy atom. The maximum Gasteiger partial charge on any atom is 0.233 e. The molecular weight excluding hydrogens is 504 g/mol. The van der Waals surface area contributed by atoms with Crippen LogP contribution in [0.5, 0.6) is 0 Å². The van der Waals surface area contributed by atoms with E-state index in [2.05, 4.69) is 77.1 Å². The molecule has 0 spiro atoms. The zero-order valence-corrected chi connectivity index (χ0v) is 23.4. The number of benzene rings is 2. The van der Waals surface area contributed by atoms with Gasteiger partial charge in [-0.05, 0) is 38.2 Å². The molecule has 37 heavy (non-hydrogen) atoms. The number of anilines is 2. The smallest absolute Gasteiger partial charge is 0.233 e. The Morgan fingerprint density at radius 2 is 1.68 bits per heavy atom. The van der Waals surface area contributed by atoms with Crippen LogP contribution in [0.1, 0.15) is 11.1 Å². The van der Waals surface area contributed by atoms with Gasteiger partial charge in [-0.2, -0.15) is 0 Å². The first-order valence-electron chi connectivity index (χ1n) is 12.6. The second kappa shape index (κ2) is 13.1. The summed E-state index contributed by atoms with van der Waals surface area (Å²) in [6.45, 7) is 7.61. The minimum atomic E-state index is 0.105. The molecule has 2 heterocycles. The van der Waals surface area contributed by atoms with E-state index in [9.17, 15) is 4.79 Å². The molecule has 0 unspecified atom stereocenters. The number of aromatic nitrogens is 2. The van der Waals surface area contributed by atoms with Gasteiger partial charge in [0.1, 0.15) is 11.0 Å². The number of amides is 1. The van der Waals surface area contributed by atoms with E-state index in [1.807, 2.05) is 23.1 Å². The monoisotopic (exact) mass is 538 g/mol. The van der Waals surface area contributed by atoms with Crippen LogP contribution < -0.4 is 9.80 Å². The standard InChI is InChI=1S/C28H35ClN6OS/c1-22-9-7-8-12-24(22)33-15-17-34(18-16-33)27(36)21-37-28-30-25(29)19-26(31-28)35(14-13-32(2)3)20-23-10-5-4-6-11-23/h4-12,19H,13-18,20-21H2,1-3H3. The molecule has 9 heteroatoms. The second-order valence-electron chi connectivity index (χ2n) is 9.48. The zero-order valence-electron chi connectivity index (χ0n) is 21.8. The SMILES string of the molecule is Cc1ccccc1N1CCN(C(=O)CSc2nc(Cl)cc(N(CCN(C)C)Cc3ccccc3)n2)CC1. The first-order chi connectivity index (χ1) is 17.9. The molecule has 0 atom stereocenters. The number of carbonyl (C=O) groups is 1. The molecule has 0 N–H and O–H groups in total. The number of piperazine rings is 1. The third-order valence-electron chi connectivity index (χ3n) is 6.43. The van der Waals surface area contributed by atoms with E-state index < -0.39 is 0 Å². The molecule has 2 aromatic carbocycles. The molecule has 0 bridgehead atoms. The average Bonchev–Trinajstić information content (AvgIpc) is 2.90. The molecule has 196 valence electrons. The fourth-order valence-electron chi connectivity index (χ4n) is 4.34. The summed E-state index contributed by atoms with van der Waals surface area (Å²) in [5, 5.41) is 0.909. The molecule has 1 aliphatic rings. The van der Waals surface area contributed by atoms with Gasteiger partial charge >= 0.3 is 0 Å². The summed E-state index contributed by atoms with van der Waals surface area (Å²) in [6, 6.07) is 20.5. The highest BCUT2D eigenvalue weighted by molar-refractivity contribution is 7.99. The second-order valence-corrected chi connectivity index (χ2v) is 10.8. The maximum absolute atomic E-state index is 13.0. The number of halogens is 1. The van der Waals surface area contributed by atoms with Gasteiger partial charge in [0, 0.05) is 57.6 Å². The van der Waals surface area contributed by atoms with Crippen molar-refractivity contribution in [3.05, 3.63) is 76.9 Å². The lowest BCUT2D eigenvalue weighted by molar-refractivity contribution is -0.128. The van der Waals surface area contributed by atoms with Gasteiger partial charge in [0.15, 0.2) is 5.16 Å². The number of thioether (sulfide) groups is 1. The third kappa shape index (κ3) is 7.84. The maximum atomic E-state index is 13.0. The Hall–Kier alpha value is -2.81. The van der Waals surface area contributed by atoms with Gasteiger partial charge in [-0.15, -0.1) is 0 Å². The number of rotatable bonds is 10. The topological polar surface area (TPSA) is 55.8 Å². The average molecular weight is 539 g/mol. The van der Waals surface area contributed by atoms with Gasteiger partial charge in [-0.3, -0.25) is 4.79 Å². The Kier molecular flexibility index (Phi) is 9.66. The van der Waals surface area contributed by atoms with Crippen molar-refractivity contribution in [2.75, 3.05) is 68.9 Å². The Balaban J connectivity index is 1.37. The van der Waals surface area contributed by atoms with E-state index in [4.69, 9.17) is 16.6 Å². The van der Waals surface area contributed by atoms with E-state index in [1.54, 1.807) is 6.07 Å². The predicted molar refractivity (Wildman–Crippen MR) is 154 cm³/mol. The van der Waals surface area contributed by atoms with Gasteiger partial charge in [-0.25, -0.2) is 9.97 Å². The van der Waals surface area contributed by atoms with Gasteiger partial charge in [-0.1, -0.05) is 71.9 Å². The molecule has 1 aliphatic heterocycles. The summed E-state index contributed by atoms with van der Waals surface area (Å²) in [4.78, 5) is 30.8.